The van der Waals surface area contributed by atoms with Gasteiger partial charge in [-0.25, -0.2) is 0 Å². The van der Waals surface area contributed by atoms with Crippen molar-refractivity contribution in [3.8, 4) is 0 Å². The van der Waals surface area contributed by atoms with Gasteiger partial charge < -0.3 is 6.92 Å². The highest BCUT2D eigenvalue weighted by atomic mass is 32.1. The van der Waals surface area contributed by atoms with Gasteiger partial charge in [-0.3, -0.25) is 4.79 Å². The van der Waals surface area contributed by atoms with Gasteiger partial charge in [-0.15, -0.1) is 12.6 Å². The van der Waals surface area contributed by atoms with Crippen molar-refractivity contribution in [2.45, 2.75) is 77.0 Å². The molecule has 0 aliphatic carbocycles. The van der Waals surface area contributed by atoms with Crippen molar-refractivity contribution in [2.75, 3.05) is 0 Å². The van der Waals surface area contributed by atoms with Gasteiger partial charge in [0.05, 0.1) is 0 Å². The van der Waals surface area contributed by atoms with Crippen molar-refractivity contribution >= 4 is 17.7 Å². The highest BCUT2D eigenvalue weighted by molar-refractivity contribution is 7.96. The second-order valence-electron chi connectivity index (χ2n) is 4.53. The van der Waals surface area contributed by atoms with Crippen LogP contribution in [0.4, 0.5) is 0 Å². The van der Waals surface area contributed by atoms with Gasteiger partial charge in [0, 0.05) is 6.42 Å². The average Bonchev–Trinajstić information content (AvgIpc) is 2.25. The molecule has 0 rings (SSSR count). The van der Waals surface area contributed by atoms with Crippen LogP contribution in [0.3, 0.4) is 0 Å². The maximum absolute atomic E-state index is 10.6. The van der Waals surface area contributed by atoms with E-state index in [0.717, 1.165) is 12.8 Å². The van der Waals surface area contributed by atoms with E-state index in [1.165, 1.54) is 57.8 Å². The molecular formula is C14H27OS-. The average molecular weight is 243 g/mol. The third-order valence-corrected chi connectivity index (χ3v) is 3.11. The molecule has 96 valence electrons. The largest absolute Gasteiger partial charge is 0.343 e. The normalized spacial score (nSPS) is 10.6. The molecule has 0 aromatic carbocycles. The Morgan fingerprint density at radius 2 is 1.12 bits per heavy atom. The van der Waals surface area contributed by atoms with Crippen LogP contribution in [-0.2, 0) is 4.79 Å². The fourth-order valence-corrected chi connectivity index (χ4v) is 2.03. The van der Waals surface area contributed by atoms with Gasteiger partial charge in [0.2, 0.25) is 0 Å². The van der Waals surface area contributed by atoms with Crippen molar-refractivity contribution in [1.82, 2.24) is 0 Å². The fraction of sp³-hybridized carbons (Fsp3) is 0.857. The van der Waals surface area contributed by atoms with Gasteiger partial charge in [0.15, 0.2) is 5.12 Å². The first kappa shape index (κ1) is 16.0. The van der Waals surface area contributed by atoms with Crippen LogP contribution in [0.1, 0.15) is 77.0 Å². The lowest BCUT2D eigenvalue weighted by molar-refractivity contribution is -0.110. The van der Waals surface area contributed by atoms with Crippen LogP contribution in [0.15, 0.2) is 0 Å². The van der Waals surface area contributed by atoms with E-state index in [2.05, 4.69) is 19.6 Å². The van der Waals surface area contributed by atoms with Gasteiger partial charge >= 0.3 is 0 Å². The molecule has 0 atom stereocenters. The van der Waals surface area contributed by atoms with E-state index in [1.807, 2.05) is 0 Å². The predicted octanol–water partition coefficient (Wildman–Crippen LogP) is 4.96. The monoisotopic (exact) mass is 243 g/mol. The van der Waals surface area contributed by atoms with E-state index in [4.69, 9.17) is 0 Å². The molecule has 0 aromatic heterocycles. The van der Waals surface area contributed by atoms with Crippen LogP contribution >= 0.6 is 12.6 Å². The Morgan fingerprint density at radius 3 is 1.50 bits per heavy atom. The molecular weight excluding hydrogens is 216 g/mol. The maximum atomic E-state index is 10.6. The smallest absolute Gasteiger partial charge is 0.185 e. The molecule has 0 aliphatic rings. The first-order valence-electron chi connectivity index (χ1n) is 6.78. The lowest BCUT2D eigenvalue weighted by atomic mass is 10.1. The van der Waals surface area contributed by atoms with Gasteiger partial charge in [0.25, 0.3) is 0 Å². The van der Waals surface area contributed by atoms with Gasteiger partial charge in [-0.2, -0.15) is 6.42 Å². The minimum atomic E-state index is 0.0328. The molecule has 0 bridgehead atoms. The highest BCUT2D eigenvalue weighted by Crippen LogP contribution is 2.12. The molecule has 2 heteroatoms. The highest BCUT2D eigenvalue weighted by Gasteiger charge is 1.95. The van der Waals surface area contributed by atoms with Gasteiger partial charge in [0.1, 0.15) is 0 Å². The summed E-state index contributed by atoms with van der Waals surface area (Å²) in [6.07, 6.45) is 14.7. The molecule has 0 aromatic rings. The molecule has 0 N–H and O–H groups in total. The molecule has 0 amide bonds. The number of hydrogen-bond donors (Lipinski definition) is 1. The Hall–Kier alpha value is 0.0200. The third-order valence-electron chi connectivity index (χ3n) is 2.89. The quantitative estimate of drug-likeness (QED) is 0.291. The van der Waals surface area contributed by atoms with E-state index in [9.17, 15) is 4.79 Å². The first-order valence-corrected chi connectivity index (χ1v) is 7.23. The summed E-state index contributed by atoms with van der Waals surface area (Å²) in [5, 5.41) is 0.0328. The molecule has 0 spiro atoms. The molecule has 0 radical (unpaired) electrons. The van der Waals surface area contributed by atoms with Crippen LogP contribution in [0.2, 0.25) is 0 Å². The summed E-state index contributed by atoms with van der Waals surface area (Å²) in [7, 11) is 0. The number of rotatable bonds is 12. The molecule has 0 fully saturated rings. The number of unbranched alkanes of at least 4 members (excludes halogenated alkanes) is 10. The summed E-state index contributed by atoms with van der Waals surface area (Å²) in [5.74, 6) is 0. The zero-order valence-electron chi connectivity index (χ0n) is 10.5. The second kappa shape index (κ2) is 13.1. The second-order valence-corrected chi connectivity index (χ2v) is 5.03. The van der Waals surface area contributed by atoms with Gasteiger partial charge in [-0.05, 0) is 6.42 Å². The van der Waals surface area contributed by atoms with Gasteiger partial charge in [-0.1, -0.05) is 57.8 Å². The van der Waals surface area contributed by atoms with Crippen LogP contribution in [0.25, 0.3) is 0 Å². The summed E-state index contributed by atoms with van der Waals surface area (Å²) >= 11 is 3.75. The van der Waals surface area contributed by atoms with Crippen LogP contribution in [-0.4, -0.2) is 5.12 Å². The van der Waals surface area contributed by atoms with E-state index in [0.29, 0.717) is 6.42 Å². The lowest BCUT2D eigenvalue weighted by Crippen LogP contribution is -1.86. The number of hydrogen-bond acceptors (Lipinski definition) is 1. The van der Waals surface area contributed by atoms with E-state index < -0.39 is 0 Å². The third kappa shape index (κ3) is 14.0. The summed E-state index contributed by atoms with van der Waals surface area (Å²) < 4.78 is 0. The SMILES string of the molecule is [CH2-]CCCCCCCCCCCCC(=O)S. The Labute approximate surface area is 107 Å². The van der Waals surface area contributed by atoms with Crippen molar-refractivity contribution in [1.29, 1.82) is 0 Å². The summed E-state index contributed by atoms with van der Waals surface area (Å²) in [6, 6.07) is 0. The minimum Gasteiger partial charge on any atom is -0.343 e. The molecule has 0 unspecified atom stereocenters. The number of carbonyl (C=O) groups is 1. The summed E-state index contributed by atoms with van der Waals surface area (Å²) in [6.45, 7) is 3.84. The zero-order valence-corrected chi connectivity index (χ0v) is 11.4. The Bertz CT molecular complexity index is 157. The van der Waals surface area contributed by atoms with Crippen molar-refractivity contribution < 1.29 is 4.79 Å². The van der Waals surface area contributed by atoms with Crippen molar-refractivity contribution in [3.05, 3.63) is 6.92 Å². The van der Waals surface area contributed by atoms with E-state index in [-0.39, 0.29) is 5.12 Å². The Morgan fingerprint density at radius 1 is 0.750 bits per heavy atom. The molecule has 1 nitrogen and oxygen atoms in total. The van der Waals surface area contributed by atoms with E-state index in [1.54, 1.807) is 0 Å². The predicted molar refractivity (Wildman–Crippen MR) is 74.8 cm³/mol. The lowest BCUT2D eigenvalue weighted by Gasteiger charge is -2.02. The van der Waals surface area contributed by atoms with E-state index >= 15 is 0 Å². The Balaban J connectivity index is 2.90. The number of thiol groups is 1. The maximum Gasteiger partial charge on any atom is 0.185 e. The molecule has 16 heavy (non-hydrogen) atoms. The van der Waals surface area contributed by atoms with Crippen molar-refractivity contribution in [2.24, 2.45) is 0 Å². The summed E-state index contributed by atoms with van der Waals surface area (Å²) in [4.78, 5) is 10.6. The fourth-order valence-electron chi connectivity index (χ4n) is 1.87. The van der Waals surface area contributed by atoms with Crippen LogP contribution in [0.5, 0.6) is 0 Å². The zero-order chi connectivity index (χ0) is 12.1. The number of carbonyl (C=O) groups excluding carboxylic acids is 1. The molecule has 0 saturated carbocycles. The van der Waals surface area contributed by atoms with Crippen LogP contribution < -0.4 is 0 Å². The Kier molecular flexibility index (Phi) is 13.1. The molecule has 0 heterocycles. The first-order chi connectivity index (χ1) is 7.77. The molecule has 0 aliphatic heterocycles. The summed E-state index contributed by atoms with van der Waals surface area (Å²) in [5.41, 5.74) is 0. The topological polar surface area (TPSA) is 17.1 Å². The van der Waals surface area contributed by atoms with Crippen LogP contribution in [0, 0.1) is 6.92 Å². The molecule has 0 saturated heterocycles. The standard InChI is InChI=1S/C14H27OS/c1-2-3-4-5-6-7-8-9-10-11-12-13-14(15)16/h1-13H2,(H,15,16)/q-1. The minimum absolute atomic E-state index is 0.0328. The van der Waals surface area contributed by atoms with Crippen molar-refractivity contribution in [3.63, 3.8) is 0 Å².